The standard InChI is InChI=1S/C13H17FN2O2S/c1-13(2,3)16-19(17,18)12-7-6-11(14)9-10(12)5-4-8-15/h6-7,9,16H,8,15H2,1-3H3. The molecular weight excluding hydrogens is 267 g/mol. The van der Waals surface area contributed by atoms with Crippen LogP contribution in [0.1, 0.15) is 26.3 Å². The summed E-state index contributed by atoms with van der Waals surface area (Å²) in [4.78, 5) is -0.0511. The molecule has 0 aliphatic heterocycles. The smallest absolute Gasteiger partial charge is 0.242 e. The van der Waals surface area contributed by atoms with Crippen LogP contribution in [-0.2, 0) is 10.0 Å². The predicted molar refractivity (Wildman–Crippen MR) is 72.4 cm³/mol. The van der Waals surface area contributed by atoms with E-state index in [1.165, 1.54) is 6.07 Å². The van der Waals surface area contributed by atoms with Gasteiger partial charge in [0.15, 0.2) is 0 Å². The van der Waals surface area contributed by atoms with Crippen LogP contribution in [0.3, 0.4) is 0 Å². The Morgan fingerprint density at radius 2 is 2.00 bits per heavy atom. The third-order valence-electron chi connectivity index (χ3n) is 2.00. The lowest BCUT2D eigenvalue weighted by molar-refractivity contribution is 0.491. The van der Waals surface area contributed by atoms with Crippen molar-refractivity contribution in [1.29, 1.82) is 0 Å². The van der Waals surface area contributed by atoms with Crippen molar-refractivity contribution in [3.8, 4) is 11.8 Å². The van der Waals surface area contributed by atoms with Crippen molar-refractivity contribution in [2.24, 2.45) is 5.73 Å². The van der Waals surface area contributed by atoms with Crippen molar-refractivity contribution >= 4 is 10.0 Å². The van der Waals surface area contributed by atoms with Crippen LogP contribution in [0, 0.1) is 17.7 Å². The van der Waals surface area contributed by atoms with E-state index < -0.39 is 21.4 Å². The monoisotopic (exact) mass is 284 g/mol. The Bertz CT molecular complexity index is 622. The molecule has 0 saturated carbocycles. The molecule has 0 atom stereocenters. The normalized spacial score (nSPS) is 11.8. The molecule has 1 aromatic rings. The first kappa shape index (κ1) is 15.6. The van der Waals surface area contributed by atoms with Crippen molar-refractivity contribution in [2.45, 2.75) is 31.2 Å². The third-order valence-corrected chi connectivity index (χ3v) is 3.81. The molecule has 19 heavy (non-hydrogen) atoms. The van der Waals surface area contributed by atoms with Crippen molar-refractivity contribution < 1.29 is 12.8 Å². The number of hydrogen-bond donors (Lipinski definition) is 2. The van der Waals surface area contributed by atoms with Gasteiger partial charge in [0, 0.05) is 11.1 Å². The first-order valence-electron chi connectivity index (χ1n) is 5.68. The Morgan fingerprint density at radius 1 is 1.37 bits per heavy atom. The number of sulfonamides is 1. The van der Waals surface area contributed by atoms with Gasteiger partial charge in [0.05, 0.1) is 11.4 Å². The van der Waals surface area contributed by atoms with Crippen LogP contribution in [0.15, 0.2) is 23.1 Å². The fourth-order valence-corrected chi connectivity index (χ4v) is 3.00. The maximum Gasteiger partial charge on any atom is 0.242 e. The number of nitrogens with two attached hydrogens (primary N) is 1. The molecule has 0 bridgehead atoms. The SMILES string of the molecule is CC(C)(C)NS(=O)(=O)c1ccc(F)cc1C#CCN. The Kier molecular flexibility index (Phi) is 4.69. The topological polar surface area (TPSA) is 72.2 Å². The van der Waals surface area contributed by atoms with E-state index in [1.807, 2.05) is 0 Å². The van der Waals surface area contributed by atoms with E-state index >= 15 is 0 Å². The molecule has 104 valence electrons. The number of hydrogen-bond acceptors (Lipinski definition) is 3. The second-order valence-electron chi connectivity index (χ2n) is 5.00. The number of benzene rings is 1. The molecule has 0 heterocycles. The fraction of sp³-hybridized carbons (Fsp3) is 0.385. The molecular formula is C13H17FN2O2S. The van der Waals surface area contributed by atoms with E-state index in [4.69, 9.17) is 5.73 Å². The minimum Gasteiger partial charge on any atom is -0.320 e. The van der Waals surface area contributed by atoms with Gasteiger partial charge in [-0.1, -0.05) is 11.8 Å². The average molecular weight is 284 g/mol. The quantitative estimate of drug-likeness (QED) is 0.802. The van der Waals surface area contributed by atoms with Gasteiger partial charge in [-0.3, -0.25) is 0 Å². The van der Waals surface area contributed by atoms with Crippen molar-refractivity contribution in [2.75, 3.05) is 6.54 Å². The first-order valence-corrected chi connectivity index (χ1v) is 7.16. The van der Waals surface area contributed by atoms with Crippen LogP contribution in [0.4, 0.5) is 4.39 Å². The van der Waals surface area contributed by atoms with Crippen molar-refractivity contribution in [3.05, 3.63) is 29.6 Å². The highest BCUT2D eigenvalue weighted by Crippen LogP contribution is 2.18. The Labute approximate surface area is 113 Å². The van der Waals surface area contributed by atoms with Crippen LogP contribution in [0.25, 0.3) is 0 Å². The molecule has 0 amide bonds. The third kappa shape index (κ3) is 4.63. The molecule has 1 rings (SSSR count). The molecule has 0 aliphatic rings. The van der Waals surface area contributed by atoms with Crippen LogP contribution >= 0.6 is 0 Å². The van der Waals surface area contributed by atoms with Crippen LogP contribution < -0.4 is 10.5 Å². The van der Waals surface area contributed by atoms with Crippen LogP contribution in [0.2, 0.25) is 0 Å². The fourth-order valence-electron chi connectivity index (χ4n) is 1.44. The lowest BCUT2D eigenvalue weighted by atomic mass is 10.1. The molecule has 0 aromatic heterocycles. The molecule has 6 heteroatoms. The van der Waals surface area contributed by atoms with Gasteiger partial charge >= 0.3 is 0 Å². The van der Waals surface area contributed by atoms with Gasteiger partial charge in [-0.05, 0) is 39.0 Å². The van der Waals surface area contributed by atoms with E-state index in [0.717, 1.165) is 12.1 Å². The zero-order valence-corrected chi connectivity index (χ0v) is 11.9. The zero-order valence-electron chi connectivity index (χ0n) is 11.1. The summed E-state index contributed by atoms with van der Waals surface area (Å²) in [6, 6.07) is 3.37. The first-order chi connectivity index (χ1) is 8.65. The molecule has 3 N–H and O–H groups in total. The van der Waals surface area contributed by atoms with Gasteiger partial charge in [0.1, 0.15) is 5.82 Å². The predicted octanol–water partition coefficient (Wildman–Crippen LogP) is 1.21. The summed E-state index contributed by atoms with van der Waals surface area (Å²) in [7, 11) is -3.76. The Morgan fingerprint density at radius 3 is 2.53 bits per heavy atom. The van der Waals surface area contributed by atoms with Gasteiger partial charge in [-0.2, -0.15) is 0 Å². The lowest BCUT2D eigenvalue weighted by Crippen LogP contribution is -2.40. The molecule has 4 nitrogen and oxygen atoms in total. The highest BCUT2D eigenvalue weighted by molar-refractivity contribution is 7.89. The zero-order chi connectivity index (χ0) is 14.7. The minimum atomic E-state index is -3.76. The van der Waals surface area contributed by atoms with E-state index in [2.05, 4.69) is 16.6 Å². The molecule has 0 fully saturated rings. The summed E-state index contributed by atoms with van der Waals surface area (Å²) in [6.45, 7) is 5.24. The largest absolute Gasteiger partial charge is 0.320 e. The highest BCUT2D eigenvalue weighted by Gasteiger charge is 2.24. The highest BCUT2D eigenvalue weighted by atomic mass is 32.2. The second-order valence-corrected chi connectivity index (χ2v) is 6.65. The van der Waals surface area contributed by atoms with E-state index in [-0.39, 0.29) is 17.0 Å². The summed E-state index contributed by atoms with van der Waals surface area (Å²) < 4.78 is 40.1. The summed E-state index contributed by atoms with van der Waals surface area (Å²) in [5.41, 5.74) is 4.71. The van der Waals surface area contributed by atoms with Gasteiger partial charge < -0.3 is 5.73 Å². The second kappa shape index (κ2) is 5.70. The Hall–Kier alpha value is -1.42. The maximum absolute atomic E-state index is 13.2. The molecule has 0 spiro atoms. The van der Waals surface area contributed by atoms with Gasteiger partial charge in [0.25, 0.3) is 0 Å². The van der Waals surface area contributed by atoms with Gasteiger partial charge in [0.2, 0.25) is 10.0 Å². The van der Waals surface area contributed by atoms with E-state index in [9.17, 15) is 12.8 Å². The number of rotatable bonds is 2. The van der Waals surface area contributed by atoms with E-state index in [0.29, 0.717) is 0 Å². The average Bonchev–Trinajstić information content (AvgIpc) is 2.22. The van der Waals surface area contributed by atoms with Crippen molar-refractivity contribution in [3.63, 3.8) is 0 Å². The van der Waals surface area contributed by atoms with Gasteiger partial charge in [-0.15, -0.1) is 0 Å². The number of nitrogens with one attached hydrogen (secondary N) is 1. The summed E-state index contributed by atoms with van der Waals surface area (Å²) >= 11 is 0. The van der Waals surface area contributed by atoms with E-state index in [1.54, 1.807) is 20.8 Å². The summed E-state index contributed by atoms with van der Waals surface area (Å²) in [5.74, 6) is 4.55. The molecule has 0 saturated heterocycles. The van der Waals surface area contributed by atoms with Crippen LogP contribution in [0.5, 0.6) is 0 Å². The summed E-state index contributed by atoms with van der Waals surface area (Å²) in [5, 5.41) is 0. The molecule has 1 aromatic carbocycles. The van der Waals surface area contributed by atoms with Crippen LogP contribution in [-0.4, -0.2) is 20.5 Å². The maximum atomic E-state index is 13.2. The van der Waals surface area contributed by atoms with Crippen molar-refractivity contribution in [1.82, 2.24) is 4.72 Å². The Balaban J connectivity index is 3.34. The van der Waals surface area contributed by atoms with Gasteiger partial charge in [-0.25, -0.2) is 17.5 Å². The number of halogens is 1. The minimum absolute atomic E-state index is 0.0511. The lowest BCUT2D eigenvalue weighted by Gasteiger charge is -2.20. The molecule has 0 unspecified atom stereocenters. The molecule has 0 radical (unpaired) electrons. The summed E-state index contributed by atoms with van der Waals surface area (Å²) in [6.07, 6.45) is 0. The molecule has 0 aliphatic carbocycles.